The van der Waals surface area contributed by atoms with Crippen LogP contribution in [0, 0.1) is 11.3 Å². The molecule has 0 spiro atoms. The molecule has 0 radical (unpaired) electrons. The average Bonchev–Trinajstić information content (AvgIpc) is 2.04. The van der Waals surface area contributed by atoms with Crippen LogP contribution < -0.4 is 11.0 Å². The summed E-state index contributed by atoms with van der Waals surface area (Å²) in [6.45, 7) is 2.55. The fraction of sp³-hybridized carbons (Fsp3) is 0.286. The predicted octanol–water partition coefficient (Wildman–Crippen LogP) is 0.0734. The van der Waals surface area contributed by atoms with Crippen LogP contribution in [0.4, 0.5) is 5.82 Å². The van der Waals surface area contributed by atoms with Gasteiger partial charge in [-0.3, -0.25) is 4.98 Å². The van der Waals surface area contributed by atoms with Gasteiger partial charge < -0.3 is 5.32 Å². The Kier molecular flexibility index (Phi) is 2.43. The van der Waals surface area contributed by atoms with Crippen LogP contribution in [-0.4, -0.2) is 16.5 Å². The maximum Gasteiger partial charge on any atom is 0.347 e. The van der Waals surface area contributed by atoms with E-state index in [1.165, 1.54) is 6.07 Å². The maximum atomic E-state index is 10.8. The highest BCUT2D eigenvalue weighted by molar-refractivity contribution is 5.38. The summed E-state index contributed by atoms with van der Waals surface area (Å²) in [6.07, 6.45) is 0. The van der Waals surface area contributed by atoms with Crippen molar-refractivity contribution in [1.82, 2.24) is 9.97 Å². The van der Waals surface area contributed by atoms with Crippen LogP contribution in [0.3, 0.4) is 0 Å². The van der Waals surface area contributed by atoms with E-state index in [2.05, 4.69) is 15.3 Å². The van der Waals surface area contributed by atoms with Crippen molar-refractivity contribution in [2.45, 2.75) is 6.92 Å². The molecule has 0 saturated carbocycles. The Morgan fingerprint density at radius 2 is 2.58 bits per heavy atom. The normalized spacial score (nSPS) is 9.00. The van der Waals surface area contributed by atoms with E-state index in [4.69, 9.17) is 5.26 Å². The first-order valence-corrected chi connectivity index (χ1v) is 3.51. The third-order valence-electron chi connectivity index (χ3n) is 1.22. The summed E-state index contributed by atoms with van der Waals surface area (Å²) in [5.74, 6) is 0.429. The predicted molar refractivity (Wildman–Crippen MR) is 43.7 cm³/mol. The number of H-pyrrole nitrogens is 1. The average molecular weight is 164 g/mol. The van der Waals surface area contributed by atoms with Gasteiger partial charge in [-0.05, 0) is 6.92 Å². The molecule has 0 atom stereocenters. The van der Waals surface area contributed by atoms with Crippen LogP contribution in [-0.2, 0) is 0 Å². The highest BCUT2D eigenvalue weighted by Gasteiger charge is 1.97. The Labute approximate surface area is 69.1 Å². The molecule has 0 aliphatic rings. The molecule has 62 valence electrons. The summed E-state index contributed by atoms with van der Waals surface area (Å²) < 4.78 is 0. The van der Waals surface area contributed by atoms with Crippen molar-refractivity contribution in [2.75, 3.05) is 11.9 Å². The van der Waals surface area contributed by atoms with E-state index in [0.29, 0.717) is 12.4 Å². The summed E-state index contributed by atoms with van der Waals surface area (Å²) in [5, 5.41) is 11.3. The van der Waals surface area contributed by atoms with Gasteiger partial charge in [-0.15, -0.1) is 0 Å². The first-order chi connectivity index (χ1) is 5.76. The number of nitriles is 1. The summed E-state index contributed by atoms with van der Waals surface area (Å²) in [6, 6.07) is 3.32. The molecule has 0 amide bonds. The molecule has 1 heterocycles. The molecule has 0 aliphatic heterocycles. The SMILES string of the molecule is CCNc1cc(C#N)[nH]c(=O)n1. The lowest BCUT2D eigenvalue weighted by molar-refractivity contribution is 1.03. The Bertz CT molecular complexity index is 362. The standard InChI is InChI=1S/C7H8N4O/c1-2-9-6-3-5(4-8)10-7(12)11-6/h3H,2H2,1H3,(H2,9,10,11,12). The Morgan fingerprint density at radius 1 is 1.83 bits per heavy atom. The van der Waals surface area contributed by atoms with Gasteiger partial charge >= 0.3 is 5.69 Å². The summed E-state index contributed by atoms with van der Waals surface area (Å²) >= 11 is 0. The fourth-order valence-electron chi connectivity index (χ4n) is 0.790. The highest BCUT2D eigenvalue weighted by Crippen LogP contribution is 1.98. The van der Waals surface area contributed by atoms with Gasteiger partial charge in [-0.1, -0.05) is 0 Å². The van der Waals surface area contributed by atoms with Crippen LogP contribution in [0.25, 0.3) is 0 Å². The van der Waals surface area contributed by atoms with Crippen molar-refractivity contribution in [3.05, 3.63) is 22.2 Å². The lowest BCUT2D eigenvalue weighted by Crippen LogP contribution is -2.14. The molecule has 0 unspecified atom stereocenters. The minimum atomic E-state index is -0.509. The largest absolute Gasteiger partial charge is 0.370 e. The molecule has 0 saturated heterocycles. The molecule has 0 fully saturated rings. The van der Waals surface area contributed by atoms with Crippen LogP contribution in [0.5, 0.6) is 0 Å². The maximum absolute atomic E-state index is 10.8. The van der Waals surface area contributed by atoms with Crippen LogP contribution in [0.15, 0.2) is 10.9 Å². The number of hydrogen-bond acceptors (Lipinski definition) is 4. The molecule has 1 aromatic rings. The number of anilines is 1. The molecule has 12 heavy (non-hydrogen) atoms. The van der Waals surface area contributed by atoms with E-state index in [0.717, 1.165) is 0 Å². The van der Waals surface area contributed by atoms with Gasteiger partial charge in [0.15, 0.2) is 0 Å². The van der Waals surface area contributed by atoms with E-state index in [1.807, 2.05) is 13.0 Å². The molecule has 0 aliphatic carbocycles. The van der Waals surface area contributed by atoms with Crippen molar-refractivity contribution in [3.63, 3.8) is 0 Å². The van der Waals surface area contributed by atoms with Crippen molar-refractivity contribution in [1.29, 1.82) is 5.26 Å². The zero-order chi connectivity index (χ0) is 8.97. The van der Waals surface area contributed by atoms with Crippen molar-refractivity contribution >= 4 is 5.82 Å². The van der Waals surface area contributed by atoms with Gasteiger partial charge in [-0.25, -0.2) is 4.79 Å². The molecule has 0 bridgehead atoms. The first kappa shape index (κ1) is 8.27. The van der Waals surface area contributed by atoms with E-state index in [1.54, 1.807) is 0 Å². The molecule has 1 rings (SSSR count). The minimum absolute atomic E-state index is 0.214. The van der Waals surface area contributed by atoms with Crippen molar-refractivity contribution < 1.29 is 0 Å². The second-order valence-electron chi connectivity index (χ2n) is 2.13. The smallest absolute Gasteiger partial charge is 0.347 e. The molecule has 0 aromatic carbocycles. The number of rotatable bonds is 2. The summed E-state index contributed by atoms with van der Waals surface area (Å²) in [4.78, 5) is 16.7. The van der Waals surface area contributed by atoms with E-state index in [-0.39, 0.29) is 5.69 Å². The Hall–Kier alpha value is -1.83. The lowest BCUT2D eigenvalue weighted by atomic mass is 10.4. The summed E-state index contributed by atoms with van der Waals surface area (Å²) in [5.41, 5.74) is -0.295. The van der Waals surface area contributed by atoms with Gasteiger partial charge in [0, 0.05) is 12.6 Å². The number of hydrogen-bond donors (Lipinski definition) is 2. The van der Waals surface area contributed by atoms with Gasteiger partial charge in [0.1, 0.15) is 17.6 Å². The summed E-state index contributed by atoms with van der Waals surface area (Å²) in [7, 11) is 0. The lowest BCUT2D eigenvalue weighted by Gasteiger charge is -1.99. The number of aromatic amines is 1. The van der Waals surface area contributed by atoms with Gasteiger partial charge in [-0.2, -0.15) is 10.2 Å². The third kappa shape index (κ3) is 1.83. The molecular formula is C7H8N4O. The van der Waals surface area contributed by atoms with E-state index < -0.39 is 5.69 Å². The Balaban J connectivity index is 3.09. The van der Waals surface area contributed by atoms with Gasteiger partial charge in [0.05, 0.1) is 0 Å². The monoisotopic (exact) mass is 164 g/mol. The van der Waals surface area contributed by atoms with Crippen LogP contribution in [0.2, 0.25) is 0 Å². The van der Waals surface area contributed by atoms with Gasteiger partial charge in [0.25, 0.3) is 0 Å². The van der Waals surface area contributed by atoms with Crippen molar-refractivity contribution in [3.8, 4) is 6.07 Å². The Morgan fingerprint density at radius 3 is 3.17 bits per heavy atom. The van der Waals surface area contributed by atoms with Crippen molar-refractivity contribution in [2.24, 2.45) is 0 Å². The number of aromatic nitrogens is 2. The van der Waals surface area contributed by atoms with Crippen LogP contribution in [0.1, 0.15) is 12.6 Å². The van der Waals surface area contributed by atoms with E-state index >= 15 is 0 Å². The van der Waals surface area contributed by atoms with Crippen LogP contribution >= 0.6 is 0 Å². The number of nitrogens with zero attached hydrogens (tertiary/aromatic N) is 2. The molecule has 2 N–H and O–H groups in total. The number of nitrogens with one attached hydrogen (secondary N) is 2. The minimum Gasteiger partial charge on any atom is -0.370 e. The molecule has 5 nitrogen and oxygen atoms in total. The quantitative estimate of drug-likeness (QED) is 0.648. The molecule has 1 aromatic heterocycles. The first-order valence-electron chi connectivity index (χ1n) is 3.51. The fourth-order valence-corrected chi connectivity index (χ4v) is 0.790. The molecule has 5 heteroatoms. The highest BCUT2D eigenvalue weighted by atomic mass is 16.1. The van der Waals surface area contributed by atoms with E-state index in [9.17, 15) is 4.79 Å². The second-order valence-corrected chi connectivity index (χ2v) is 2.13. The third-order valence-corrected chi connectivity index (χ3v) is 1.22. The van der Waals surface area contributed by atoms with Gasteiger partial charge in [0.2, 0.25) is 0 Å². The zero-order valence-corrected chi connectivity index (χ0v) is 6.59. The topological polar surface area (TPSA) is 81.6 Å². The second kappa shape index (κ2) is 3.53. The molecular weight excluding hydrogens is 156 g/mol. The zero-order valence-electron chi connectivity index (χ0n) is 6.59.